The van der Waals surface area contributed by atoms with E-state index in [-0.39, 0.29) is 11.9 Å². The number of carbonyl (C=O) groups is 1. The SMILES string of the molecule is CC(C)OC(CO)(C(=O)c1ccccc1)c1ccccc1. The van der Waals surface area contributed by atoms with Gasteiger partial charge in [-0.2, -0.15) is 0 Å². The third-order valence-electron chi connectivity index (χ3n) is 3.30. The van der Waals surface area contributed by atoms with Gasteiger partial charge in [-0.05, 0) is 19.4 Å². The first-order valence-corrected chi connectivity index (χ1v) is 7.04. The van der Waals surface area contributed by atoms with Crippen LogP contribution in [0.1, 0.15) is 29.8 Å². The van der Waals surface area contributed by atoms with Crippen molar-refractivity contribution < 1.29 is 14.6 Å². The van der Waals surface area contributed by atoms with Crippen molar-refractivity contribution in [3.8, 4) is 0 Å². The topological polar surface area (TPSA) is 46.5 Å². The van der Waals surface area contributed by atoms with Gasteiger partial charge in [-0.25, -0.2) is 0 Å². The maximum absolute atomic E-state index is 12.9. The van der Waals surface area contributed by atoms with Gasteiger partial charge in [0.25, 0.3) is 0 Å². The lowest BCUT2D eigenvalue weighted by molar-refractivity contribution is -0.0872. The fourth-order valence-electron chi connectivity index (χ4n) is 2.39. The molecule has 0 aromatic heterocycles. The van der Waals surface area contributed by atoms with E-state index in [0.29, 0.717) is 11.1 Å². The zero-order valence-electron chi connectivity index (χ0n) is 12.3. The Morgan fingerprint density at radius 1 is 1.05 bits per heavy atom. The first-order chi connectivity index (χ1) is 10.1. The molecule has 1 atom stereocenters. The van der Waals surface area contributed by atoms with Crippen LogP contribution >= 0.6 is 0 Å². The average molecular weight is 284 g/mol. The highest BCUT2D eigenvalue weighted by molar-refractivity contribution is 6.03. The summed E-state index contributed by atoms with van der Waals surface area (Å²) in [5, 5.41) is 9.96. The number of benzene rings is 2. The Hall–Kier alpha value is -1.97. The zero-order valence-corrected chi connectivity index (χ0v) is 12.3. The van der Waals surface area contributed by atoms with Crippen LogP contribution in [0.2, 0.25) is 0 Å². The lowest BCUT2D eigenvalue weighted by Crippen LogP contribution is -2.44. The fraction of sp³-hybridized carbons (Fsp3) is 0.278. The van der Waals surface area contributed by atoms with E-state index in [1.165, 1.54) is 0 Å². The highest BCUT2D eigenvalue weighted by Gasteiger charge is 2.42. The van der Waals surface area contributed by atoms with Gasteiger partial charge in [0.1, 0.15) is 0 Å². The Bertz CT molecular complexity index is 578. The predicted octanol–water partition coefficient (Wildman–Crippen LogP) is 3.18. The Kier molecular flexibility index (Phi) is 4.89. The van der Waals surface area contributed by atoms with Crippen molar-refractivity contribution in [2.45, 2.75) is 25.6 Å². The third-order valence-corrected chi connectivity index (χ3v) is 3.30. The molecule has 3 heteroatoms. The molecular weight excluding hydrogens is 264 g/mol. The average Bonchev–Trinajstić information content (AvgIpc) is 2.53. The summed E-state index contributed by atoms with van der Waals surface area (Å²) in [5.74, 6) is -0.231. The lowest BCUT2D eigenvalue weighted by atomic mass is 9.86. The largest absolute Gasteiger partial charge is 0.392 e. The predicted molar refractivity (Wildman–Crippen MR) is 82.2 cm³/mol. The Labute approximate surface area is 125 Å². The van der Waals surface area contributed by atoms with Crippen molar-refractivity contribution in [1.29, 1.82) is 0 Å². The molecule has 2 aromatic carbocycles. The molecule has 0 aliphatic heterocycles. The summed E-state index contributed by atoms with van der Waals surface area (Å²) < 4.78 is 5.89. The second kappa shape index (κ2) is 6.66. The van der Waals surface area contributed by atoms with Gasteiger partial charge >= 0.3 is 0 Å². The van der Waals surface area contributed by atoms with E-state index in [4.69, 9.17) is 4.74 Å². The highest BCUT2D eigenvalue weighted by Crippen LogP contribution is 2.31. The molecule has 0 amide bonds. The minimum Gasteiger partial charge on any atom is -0.392 e. The van der Waals surface area contributed by atoms with Crippen molar-refractivity contribution in [3.05, 3.63) is 71.8 Å². The molecule has 2 rings (SSSR count). The van der Waals surface area contributed by atoms with Crippen LogP contribution in [0.5, 0.6) is 0 Å². The van der Waals surface area contributed by atoms with Gasteiger partial charge in [0.15, 0.2) is 5.60 Å². The van der Waals surface area contributed by atoms with E-state index in [9.17, 15) is 9.90 Å². The molecule has 0 aliphatic carbocycles. The molecule has 0 aliphatic rings. The smallest absolute Gasteiger partial charge is 0.201 e. The number of aliphatic hydroxyl groups excluding tert-OH is 1. The van der Waals surface area contributed by atoms with Gasteiger partial charge in [0, 0.05) is 5.56 Å². The van der Waals surface area contributed by atoms with Crippen LogP contribution in [0.25, 0.3) is 0 Å². The summed E-state index contributed by atoms with van der Waals surface area (Å²) >= 11 is 0. The molecular formula is C18H20O3. The number of Topliss-reactive ketones (excluding diaryl/α,β-unsaturated/α-hetero) is 1. The van der Waals surface area contributed by atoms with E-state index < -0.39 is 12.2 Å². The van der Waals surface area contributed by atoms with Crippen LogP contribution in [0, 0.1) is 0 Å². The summed E-state index contributed by atoms with van der Waals surface area (Å²) in [5.41, 5.74) is -0.178. The molecule has 3 nitrogen and oxygen atoms in total. The van der Waals surface area contributed by atoms with Gasteiger partial charge in [0.05, 0.1) is 12.7 Å². The molecule has 1 N–H and O–H groups in total. The van der Waals surface area contributed by atoms with Gasteiger partial charge < -0.3 is 9.84 Å². The summed E-state index contributed by atoms with van der Waals surface area (Å²) in [4.78, 5) is 12.9. The summed E-state index contributed by atoms with van der Waals surface area (Å²) in [6.45, 7) is 3.31. The first kappa shape index (κ1) is 15.4. The van der Waals surface area contributed by atoms with E-state index >= 15 is 0 Å². The minimum atomic E-state index is -1.36. The van der Waals surface area contributed by atoms with E-state index in [0.717, 1.165) is 0 Å². The molecule has 0 heterocycles. The molecule has 0 bridgehead atoms. The standard InChI is InChI=1S/C18H20O3/c1-14(2)21-18(13-19,16-11-7-4-8-12-16)17(20)15-9-5-3-6-10-15/h3-12,14,19H,13H2,1-2H3. The van der Waals surface area contributed by atoms with E-state index in [1.54, 1.807) is 36.4 Å². The van der Waals surface area contributed by atoms with Crippen molar-refractivity contribution in [2.75, 3.05) is 6.61 Å². The molecule has 0 saturated carbocycles. The first-order valence-electron chi connectivity index (χ1n) is 7.04. The van der Waals surface area contributed by atoms with E-state index in [1.807, 2.05) is 38.1 Å². The molecule has 110 valence electrons. The van der Waals surface area contributed by atoms with Crippen molar-refractivity contribution in [2.24, 2.45) is 0 Å². The molecule has 0 spiro atoms. The summed E-state index contributed by atoms with van der Waals surface area (Å²) in [6.07, 6.45) is -0.190. The zero-order chi connectivity index (χ0) is 15.3. The van der Waals surface area contributed by atoms with Crippen LogP contribution in [-0.2, 0) is 10.3 Å². The van der Waals surface area contributed by atoms with Crippen LogP contribution < -0.4 is 0 Å². The second-order valence-electron chi connectivity index (χ2n) is 5.21. The number of hydrogen-bond acceptors (Lipinski definition) is 3. The maximum atomic E-state index is 12.9. The monoisotopic (exact) mass is 284 g/mol. The van der Waals surface area contributed by atoms with Crippen molar-refractivity contribution >= 4 is 5.78 Å². The number of hydrogen-bond donors (Lipinski definition) is 1. The highest BCUT2D eigenvalue weighted by atomic mass is 16.5. The van der Waals surface area contributed by atoms with Crippen LogP contribution in [0.4, 0.5) is 0 Å². The molecule has 0 radical (unpaired) electrons. The second-order valence-corrected chi connectivity index (χ2v) is 5.21. The van der Waals surface area contributed by atoms with Crippen molar-refractivity contribution in [3.63, 3.8) is 0 Å². The third kappa shape index (κ3) is 3.20. The lowest BCUT2D eigenvalue weighted by Gasteiger charge is -2.33. The Morgan fingerprint density at radius 2 is 1.57 bits per heavy atom. The summed E-state index contributed by atoms with van der Waals surface area (Å²) in [6, 6.07) is 18.1. The maximum Gasteiger partial charge on any atom is 0.201 e. The number of ether oxygens (including phenoxy) is 1. The van der Waals surface area contributed by atoms with Crippen LogP contribution in [0.3, 0.4) is 0 Å². The normalized spacial score (nSPS) is 13.9. The van der Waals surface area contributed by atoms with Gasteiger partial charge in [0.2, 0.25) is 5.78 Å². The molecule has 0 fully saturated rings. The van der Waals surface area contributed by atoms with Gasteiger partial charge in [-0.15, -0.1) is 0 Å². The van der Waals surface area contributed by atoms with Gasteiger partial charge in [-0.1, -0.05) is 60.7 Å². The summed E-state index contributed by atoms with van der Waals surface area (Å²) in [7, 11) is 0. The minimum absolute atomic E-state index is 0.190. The number of aliphatic hydroxyl groups is 1. The fourth-order valence-corrected chi connectivity index (χ4v) is 2.39. The quantitative estimate of drug-likeness (QED) is 0.829. The van der Waals surface area contributed by atoms with Crippen LogP contribution in [-0.4, -0.2) is 23.6 Å². The molecule has 2 aromatic rings. The van der Waals surface area contributed by atoms with Gasteiger partial charge in [-0.3, -0.25) is 4.79 Å². The molecule has 1 unspecified atom stereocenters. The van der Waals surface area contributed by atoms with E-state index in [2.05, 4.69) is 0 Å². The Balaban J connectivity index is 2.52. The number of rotatable bonds is 6. The number of carbonyl (C=O) groups excluding carboxylic acids is 1. The Morgan fingerprint density at radius 3 is 2.05 bits per heavy atom. The number of ketones is 1. The molecule has 21 heavy (non-hydrogen) atoms. The van der Waals surface area contributed by atoms with Crippen molar-refractivity contribution in [1.82, 2.24) is 0 Å². The van der Waals surface area contributed by atoms with Crippen LogP contribution in [0.15, 0.2) is 60.7 Å². The molecule has 0 saturated heterocycles.